The maximum atomic E-state index is 11.0. The number of likely N-dealkylation sites (tertiary alicyclic amines) is 1. The van der Waals surface area contributed by atoms with Crippen LogP contribution in [0, 0.1) is 12.3 Å². The highest BCUT2D eigenvalue weighted by Crippen LogP contribution is 2.19. The van der Waals surface area contributed by atoms with E-state index in [2.05, 4.69) is 0 Å². The lowest BCUT2D eigenvalue weighted by molar-refractivity contribution is -0.131. The second kappa shape index (κ2) is 3.16. The molecule has 66 valence electrons. The van der Waals surface area contributed by atoms with Gasteiger partial charge in [0.1, 0.15) is 0 Å². The summed E-state index contributed by atoms with van der Waals surface area (Å²) in [5.74, 6) is 1.72. The monoisotopic (exact) mass is 167 g/mol. The summed E-state index contributed by atoms with van der Waals surface area (Å²) in [6, 6.07) is 0. The second-order valence-electron chi connectivity index (χ2n) is 3.47. The summed E-state index contributed by atoms with van der Waals surface area (Å²) >= 11 is 0. The minimum atomic E-state index is -0.759. The van der Waals surface area contributed by atoms with Gasteiger partial charge >= 0.3 is 0 Å². The van der Waals surface area contributed by atoms with Crippen molar-refractivity contribution in [3.63, 3.8) is 0 Å². The SMILES string of the molecule is C#CC(=O)N1CCCC(C)(O)C1. The fourth-order valence-corrected chi connectivity index (χ4v) is 1.48. The molecule has 1 unspecified atom stereocenters. The standard InChI is InChI=1S/C9H13NO2/c1-3-8(11)10-6-4-5-9(2,12)7-10/h1,12H,4-7H2,2H3. The molecule has 1 aliphatic rings. The first-order valence-corrected chi connectivity index (χ1v) is 4.03. The Morgan fingerprint density at radius 2 is 2.42 bits per heavy atom. The maximum Gasteiger partial charge on any atom is 0.298 e. The van der Waals surface area contributed by atoms with Gasteiger partial charge in [-0.05, 0) is 25.7 Å². The van der Waals surface area contributed by atoms with E-state index >= 15 is 0 Å². The lowest BCUT2D eigenvalue weighted by Crippen LogP contribution is -2.48. The molecule has 1 N–H and O–H groups in total. The highest BCUT2D eigenvalue weighted by Gasteiger charge is 2.29. The van der Waals surface area contributed by atoms with Gasteiger partial charge in [-0.25, -0.2) is 0 Å². The van der Waals surface area contributed by atoms with E-state index in [9.17, 15) is 9.90 Å². The van der Waals surface area contributed by atoms with Crippen molar-refractivity contribution in [2.24, 2.45) is 0 Å². The lowest BCUT2D eigenvalue weighted by Gasteiger charge is -2.35. The minimum Gasteiger partial charge on any atom is -0.388 e. The summed E-state index contributed by atoms with van der Waals surface area (Å²) in [7, 11) is 0. The summed E-state index contributed by atoms with van der Waals surface area (Å²) in [5.41, 5.74) is -0.759. The molecule has 3 nitrogen and oxygen atoms in total. The van der Waals surface area contributed by atoms with Gasteiger partial charge in [-0.2, -0.15) is 0 Å². The molecule has 0 spiro atoms. The number of piperidine rings is 1. The van der Waals surface area contributed by atoms with Gasteiger partial charge < -0.3 is 10.0 Å². The van der Waals surface area contributed by atoms with Crippen LogP contribution in [0.4, 0.5) is 0 Å². The number of carbonyl (C=O) groups is 1. The van der Waals surface area contributed by atoms with E-state index in [1.54, 1.807) is 6.92 Å². The van der Waals surface area contributed by atoms with Gasteiger partial charge in [-0.15, -0.1) is 6.42 Å². The Morgan fingerprint density at radius 3 is 2.92 bits per heavy atom. The van der Waals surface area contributed by atoms with Gasteiger partial charge in [0.05, 0.1) is 12.1 Å². The van der Waals surface area contributed by atoms with Crippen molar-refractivity contribution in [1.82, 2.24) is 4.90 Å². The average Bonchev–Trinajstić information content (AvgIpc) is 2.01. The van der Waals surface area contributed by atoms with Crippen molar-refractivity contribution < 1.29 is 9.90 Å². The summed E-state index contributed by atoms with van der Waals surface area (Å²) in [6.45, 7) is 2.75. The molecule has 1 saturated heterocycles. The Hall–Kier alpha value is -1.01. The molecule has 0 aromatic rings. The molecular weight excluding hydrogens is 154 g/mol. The van der Waals surface area contributed by atoms with Gasteiger partial charge in [-0.3, -0.25) is 4.79 Å². The van der Waals surface area contributed by atoms with Crippen molar-refractivity contribution in [3.05, 3.63) is 0 Å². The predicted octanol–water partition coefficient (Wildman–Crippen LogP) is -0.00700. The molecule has 0 aliphatic carbocycles. The van der Waals surface area contributed by atoms with E-state index in [1.807, 2.05) is 5.92 Å². The molecular formula is C9H13NO2. The molecule has 0 saturated carbocycles. The van der Waals surface area contributed by atoms with E-state index in [1.165, 1.54) is 4.90 Å². The lowest BCUT2D eigenvalue weighted by atomic mass is 9.95. The summed E-state index contributed by atoms with van der Waals surface area (Å²) in [5, 5.41) is 9.63. The van der Waals surface area contributed by atoms with Crippen LogP contribution in [0.3, 0.4) is 0 Å². The Morgan fingerprint density at radius 1 is 1.75 bits per heavy atom. The number of amides is 1. The van der Waals surface area contributed by atoms with Crippen LogP contribution >= 0.6 is 0 Å². The molecule has 0 radical (unpaired) electrons. The van der Waals surface area contributed by atoms with Crippen molar-refractivity contribution in [1.29, 1.82) is 0 Å². The van der Waals surface area contributed by atoms with Crippen LogP contribution in [-0.4, -0.2) is 34.6 Å². The molecule has 0 bridgehead atoms. The van der Waals surface area contributed by atoms with Crippen LogP contribution in [0.1, 0.15) is 19.8 Å². The minimum absolute atomic E-state index is 0.324. The number of nitrogens with zero attached hydrogens (tertiary/aromatic N) is 1. The Balaban J connectivity index is 2.59. The molecule has 12 heavy (non-hydrogen) atoms. The first kappa shape index (κ1) is 9.08. The molecule has 1 atom stereocenters. The molecule has 1 aliphatic heterocycles. The van der Waals surface area contributed by atoms with E-state index in [0.29, 0.717) is 13.1 Å². The third-order valence-corrected chi connectivity index (χ3v) is 2.09. The van der Waals surface area contributed by atoms with Crippen molar-refractivity contribution in [2.45, 2.75) is 25.4 Å². The van der Waals surface area contributed by atoms with E-state index in [-0.39, 0.29) is 5.91 Å². The fourth-order valence-electron chi connectivity index (χ4n) is 1.48. The van der Waals surface area contributed by atoms with Crippen LogP contribution in [0.25, 0.3) is 0 Å². The van der Waals surface area contributed by atoms with Crippen molar-refractivity contribution in [2.75, 3.05) is 13.1 Å². The van der Waals surface area contributed by atoms with Crippen LogP contribution in [-0.2, 0) is 4.79 Å². The Kier molecular flexibility index (Phi) is 2.39. The van der Waals surface area contributed by atoms with E-state index in [0.717, 1.165) is 12.8 Å². The molecule has 1 heterocycles. The zero-order chi connectivity index (χ0) is 9.19. The van der Waals surface area contributed by atoms with Crippen molar-refractivity contribution in [3.8, 4) is 12.3 Å². The first-order valence-electron chi connectivity index (χ1n) is 4.03. The summed E-state index contributed by atoms with van der Waals surface area (Å²) in [4.78, 5) is 12.6. The normalized spacial score (nSPS) is 29.6. The number of carbonyl (C=O) groups excluding carboxylic acids is 1. The number of hydrogen-bond acceptors (Lipinski definition) is 2. The highest BCUT2D eigenvalue weighted by molar-refractivity contribution is 5.93. The third-order valence-electron chi connectivity index (χ3n) is 2.09. The highest BCUT2D eigenvalue weighted by atomic mass is 16.3. The van der Waals surface area contributed by atoms with Gasteiger partial charge in [0, 0.05) is 6.54 Å². The van der Waals surface area contributed by atoms with Crippen LogP contribution in [0.5, 0.6) is 0 Å². The number of β-amino-alcohol motifs (C(OH)–C–C–N with tert-alkyl or cyclic N) is 1. The van der Waals surface area contributed by atoms with E-state index in [4.69, 9.17) is 6.42 Å². The topological polar surface area (TPSA) is 40.5 Å². The molecule has 1 amide bonds. The largest absolute Gasteiger partial charge is 0.388 e. The number of rotatable bonds is 0. The van der Waals surface area contributed by atoms with E-state index < -0.39 is 5.60 Å². The summed E-state index contributed by atoms with van der Waals surface area (Å²) in [6.07, 6.45) is 6.53. The maximum absolute atomic E-state index is 11.0. The number of hydrogen-bond donors (Lipinski definition) is 1. The van der Waals surface area contributed by atoms with Gasteiger partial charge in [0.15, 0.2) is 0 Å². The fraction of sp³-hybridized carbons (Fsp3) is 0.667. The molecule has 1 fully saturated rings. The quantitative estimate of drug-likeness (QED) is 0.516. The van der Waals surface area contributed by atoms with Gasteiger partial charge in [-0.1, -0.05) is 0 Å². The van der Waals surface area contributed by atoms with Gasteiger partial charge in [0.25, 0.3) is 5.91 Å². The predicted molar refractivity (Wildman–Crippen MR) is 45.3 cm³/mol. The van der Waals surface area contributed by atoms with Crippen LogP contribution in [0.15, 0.2) is 0 Å². The van der Waals surface area contributed by atoms with Crippen LogP contribution in [0.2, 0.25) is 0 Å². The third kappa shape index (κ3) is 1.99. The summed E-state index contributed by atoms with van der Waals surface area (Å²) < 4.78 is 0. The molecule has 0 aromatic carbocycles. The average molecular weight is 167 g/mol. The Bertz CT molecular complexity index is 227. The second-order valence-corrected chi connectivity index (χ2v) is 3.47. The zero-order valence-electron chi connectivity index (χ0n) is 7.21. The van der Waals surface area contributed by atoms with Crippen molar-refractivity contribution >= 4 is 5.91 Å². The zero-order valence-corrected chi connectivity index (χ0v) is 7.21. The van der Waals surface area contributed by atoms with Crippen LogP contribution < -0.4 is 0 Å². The van der Waals surface area contributed by atoms with Gasteiger partial charge in [0.2, 0.25) is 0 Å². The smallest absolute Gasteiger partial charge is 0.298 e. The number of terminal acetylenes is 1. The Labute approximate surface area is 72.4 Å². The first-order chi connectivity index (χ1) is 5.55. The molecule has 3 heteroatoms. The molecule has 1 rings (SSSR count). The molecule has 0 aromatic heterocycles. The number of aliphatic hydroxyl groups is 1.